The molecule has 2 fully saturated rings. The molecule has 184 valence electrons. The summed E-state index contributed by atoms with van der Waals surface area (Å²) in [5.41, 5.74) is 1.31. The minimum absolute atomic E-state index is 0.0961. The van der Waals surface area contributed by atoms with Crippen molar-refractivity contribution < 1.29 is 32.3 Å². The number of aromatic nitrogens is 2. The highest BCUT2D eigenvalue weighted by molar-refractivity contribution is 5.95. The summed E-state index contributed by atoms with van der Waals surface area (Å²) in [4.78, 5) is 35.5. The first kappa shape index (κ1) is 24.3. The van der Waals surface area contributed by atoms with Crippen molar-refractivity contribution in [1.82, 2.24) is 20.4 Å². The topological polar surface area (TPSA) is 115 Å². The van der Waals surface area contributed by atoms with Crippen molar-refractivity contribution in [2.24, 2.45) is 0 Å². The number of rotatable bonds is 3. The van der Waals surface area contributed by atoms with Gasteiger partial charge < -0.3 is 15.3 Å². The number of likely N-dealkylation sites (tertiary alicyclic amines) is 1. The van der Waals surface area contributed by atoms with Gasteiger partial charge in [0.2, 0.25) is 0 Å². The number of benzene rings is 2. The van der Waals surface area contributed by atoms with Gasteiger partial charge in [0.05, 0.1) is 16.6 Å². The molecule has 1 aromatic heterocycles. The van der Waals surface area contributed by atoms with Crippen molar-refractivity contribution >= 4 is 22.6 Å². The number of carbonyl (C=O) groups excluding carboxylic acids is 1. The number of halogens is 4. The van der Waals surface area contributed by atoms with Gasteiger partial charge in [-0.1, -0.05) is 24.3 Å². The van der Waals surface area contributed by atoms with Gasteiger partial charge in [0.15, 0.2) is 0 Å². The van der Waals surface area contributed by atoms with E-state index in [2.05, 4.69) is 15.5 Å². The maximum atomic E-state index is 14.4. The number of carboxylic acid groups (broad SMARTS) is 1. The smallest absolute Gasteiger partial charge is 0.475 e. The summed E-state index contributed by atoms with van der Waals surface area (Å²) in [5.74, 6) is -3.52. The number of carbonyl (C=O) groups is 2. The van der Waals surface area contributed by atoms with E-state index in [1.807, 2.05) is 12.1 Å². The van der Waals surface area contributed by atoms with E-state index in [9.17, 15) is 27.2 Å². The summed E-state index contributed by atoms with van der Waals surface area (Å²) < 4.78 is 46.2. The largest absolute Gasteiger partial charge is 0.490 e. The fraction of sp³-hybridized carbons (Fsp3) is 0.304. The number of carboxylic acids is 1. The molecule has 2 bridgehead atoms. The molecular weight excluding hydrogens is 472 g/mol. The van der Waals surface area contributed by atoms with Crippen LogP contribution in [0.2, 0.25) is 0 Å². The number of amides is 1. The Balaban J connectivity index is 0.000000364. The molecule has 0 saturated carbocycles. The molecule has 35 heavy (non-hydrogen) atoms. The average molecular weight is 492 g/mol. The second-order valence-electron chi connectivity index (χ2n) is 8.29. The molecule has 2 aliphatic heterocycles. The van der Waals surface area contributed by atoms with E-state index in [1.165, 1.54) is 6.07 Å². The molecule has 2 aliphatic rings. The highest BCUT2D eigenvalue weighted by Gasteiger charge is 2.41. The second-order valence-corrected chi connectivity index (χ2v) is 8.29. The highest BCUT2D eigenvalue weighted by atomic mass is 19.4. The number of piperazine rings is 1. The Morgan fingerprint density at radius 1 is 1.14 bits per heavy atom. The number of hydrogen-bond donors (Lipinski definition) is 3. The first-order valence-electron chi connectivity index (χ1n) is 10.6. The summed E-state index contributed by atoms with van der Waals surface area (Å²) in [6, 6.07) is 12.3. The summed E-state index contributed by atoms with van der Waals surface area (Å²) in [7, 11) is 0. The van der Waals surface area contributed by atoms with E-state index in [-0.39, 0.29) is 23.1 Å². The van der Waals surface area contributed by atoms with E-state index in [4.69, 9.17) is 9.90 Å². The monoisotopic (exact) mass is 492 g/mol. The van der Waals surface area contributed by atoms with Crippen LogP contribution in [-0.4, -0.2) is 63.4 Å². The van der Waals surface area contributed by atoms with Crippen LogP contribution >= 0.6 is 0 Å². The first-order valence-corrected chi connectivity index (χ1v) is 10.6. The molecule has 2 saturated heterocycles. The fourth-order valence-corrected chi connectivity index (χ4v) is 4.31. The van der Waals surface area contributed by atoms with Crippen molar-refractivity contribution in [3.8, 4) is 0 Å². The summed E-state index contributed by atoms with van der Waals surface area (Å²) >= 11 is 0. The third-order valence-electron chi connectivity index (χ3n) is 5.97. The molecule has 8 nitrogen and oxygen atoms in total. The van der Waals surface area contributed by atoms with Gasteiger partial charge in [-0.3, -0.25) is 9.59 Å². The molecule has 5 rings (SSSR count). The van der Waals surface area contributed by atoms with Crippen LogP contribution in [-0.2, 0) is 11.2 Å². The van der Waals surface area contributed by atoms with Gasteiger partial charge in [-0.15, -0.1) is 0 Å². The SMILES string of the molecule is O=C(O)C(F)(F)F.O=C(c1cc(Cc2n[nH]c(=O)c3ccccc23)ccc1F)N1C[C@@H]2C[C@H]1CN2. The van der Waals surface area contributed by atoms with Gasteiger partial charge in [0.1, 0.15) is 5.82 Å². The van der Waals surface area contributed by atoms with Gasteiger partial charge in [-0.05, 0) is 30.2 Å². The normalized spacial score (nSPS) is 18.9. The molecule has 3 aromatic rings. The van der Waals surface area contributed by atoms with Gasteiger partial charge >= 0.3 is 12.1 Å². The van der Waals surface area contributed by atoms with E-state index >= 15 is 0 Å². The molecule has 12 heteroatoms. The van der Waals surface area contributed by atoms with Crippen molar-refractivity contribution in [1.29, 1.82) is 0 Å². The van der Waals surface area contributed by atoms with Gasteiger partial charge in [-0.2, -0.15) is 18.3 Å². The first-order chi connectivity index (χ1) is 16.5. The Labute approximate surface area is 195 Å². The van der Waals surface area contributed by atoms with Crippen LogP contribution in [0.4, 0.5) is 17.6 Å². The molecule has 3 heterocycles. The molecule has 1 amide bonds. The van der Waals surface area contributed by atoms with E-state index < -0.39 is 18.0 Å². The van der Waals surface area contributed by atoms with Crippen LogP contribution in [0.15, 0.2) is 47.3 Å². The molecule has 0 unspecified atom stereocenters. The zero-order valence-electron chi connectivity index (χ0n) is 18.1. The number of hydrogen-bond acceptors (Lipinski definition) is 5. The van der Waals surface area contributed by atoms with Crippen LogP contribution in [0.5, 0.6) is 0 Å². The zero-order valence-corrected chi connectivity index (χ0v) is 18.1. The Hall–Kier alpha value is -3.80. The van der Waals surface area contributed by atoms with Crippen LogP contribution in [0, 0.1) is 5.82 Å². The van der Waals surface area contributed by atoms with E-state index in [1.54, 1.807) is 29.2 Å². The van der Waals surface area contributed by atoms with Crippen LogP contribution < -0.4 is 10.9 Å². The predicted octanol–water partition coefficient (Wildman–Crippen LogP) is 2.47. The number of alkyl halides is 3. The molecule has 0 radical (unpaired) electrons. The number of H-pyrrole nitrogens is 1. The molecule has 3 N–H and O–H groups in total. The third kappa shape index (κ3) is 5.16. The molecule has 2 atom stereocenters. The number of fused-ring (bicyclic) bond motifs is 3. The summed E-state index contributed by atoms with van der Waals surface area (Å²) in [6.07, 6.45) is -3.76. The number of nitrogens with zero attached hydrogens (tertiary/aromatic N) is 2. The third-order valence-corrected chi connectivity index (χ3v) is 5.97. The lowest BCUT2D eigenvalue weighted by molar-refractivity contribution is -0.192. The number of aromatic amines is 1. The molecule has 2 aromatic carbocycles. The van der Waals surface area contributed by atoms with Crippen LogP contribution in [0.25, 0.3) is 10.8 Å². The van der Waals surface area contributed by atoms with E-state index in [0.29, 0.717) is 30.1 Å². The Kier molecular flexibility index (Phi) is 6.57. The fourth-order valence-electron chi connectivity index (χ4n) is 4.31. The van der Waals surface area contributed by atoms with Gasteiger partial charge in [0.25, 0.3) is 11.5 Å². The highest BCUT2D eigenvalue weighted by Crippen LogP contribution is 2.27. The molecule has 0 spiro atoms. The lowest BCUT2D eigenvalue weighted by atomic mass is 10.0. The maximum absolute atomic E-state index is 14.4. The Morgan fingerprint density at radius 3 is 2.43 bits per heavy atom. The van der Waals surface area contributed by atoms with E-state index in [0.717, 1.165) is 23.9 Å². The Morgan fingerprint density at radius 2 is 1.83 bits per heavy atom. The molecule has 0 aliphatic carbocycles. The summed E-state index contributed by atoms with van der Waals surface area (Å²) in [6.45, 7) is 1.39. The van der Waals surface area contributed by atoms with Gasteiger partial charge in [0, 0.05) is 37.0 Å². The summed E-state index contributed by atoms with van der Waals surface area (Å²) in [5, 5.41) is 18.5. The standard InChI is InChI=1S/C21H19FN4O2.C2HF3O2/c22-18-6-5-12(7-17(18)21(28)26-11-13-9-14(26)10-23-13)8-19-15-3-1-2-4-16(15)20(27)25-24-19;3-2(4,5)1(6)7/h1-7,13-14,23H,8-11H2,(H,25,27);(H,6,7)/t13-,14-;/m0./s1. The lowest BCUT2D eigenvalue weighted by Gasteiger charge is -2.27. The minimum atomic E-state index is -5.08. The second kappa shape index (κ2) is 9.45. The molecular formula is C23H20F4N4O4. The Bertz CT molecular complexity index is 1340. The van der Waals surface area contributed by atoms with Crippen molar-refractivity contribution in [3.63, 3.8) is 0 Å². The minimum Gasteiger partial charge on any atom is -0.475 e. The predicted molar refractivity (Wildman–Crippen MR) is 116 cm³/mol. The maximum Gasteiger partial charge on any atom is 0.490 e. The van der Waals surface area contributed by atoms with Gasteiger partial charge in [-0.25, -0.2) is 14.3 Å². The number of nitrogens with one attached hydrogen (secondary N) is 2. The van der Waals surface area contributed by atoms with Crippen molar-refractivity contribution in [2.45, 2.75) is 31.1 Å². The van der Waals surface area contributed by atoms with Crippen LogP contribution in [0.3, 0.4) is 0 Å². The number of aliphatic carboxylic acids is 1. The van der Waals surface area contributed by atoms with Crippen molar-refractivity contribution in [2.75, 3.05) is 13.1 Å². The lowest BCUT2D eigenvalue weighted by Crippen LogP contribution is -2.46. The average Bonchev–Trinajstić information content (AvgIpc) is 3.45. The quantitative estimate of drug-likeness (QED) is 0.484. The zero-order chi connectivity index (χ0) is 25.3. The van der Waals surface area contributed by atoms with Crippen molar-refractivity contribution in [3.05, 3.63) is 75.5 Å². The van der Waals surface area contributed by atoms with Crippen LogP contribution in [0.1, 0.15) is 28.0 Å².